The van der Waals surface area contributed by atoms with E-state index >= 15 is 0 Å². The van der Waals surface area contributed by atoms with Gasteiger partial charge < -0.3 is 14.2 Å². The highest BCUT2D eigenvalue weighted by Gasteiger charge is 2.57. The van der Waals surface area contributed by atoms with Gasteiger partial charge in [-0.3, -0.25) is 4.79 Å². The molecular weight excluding hydrogens is 304 g/mol. The lowest BCUT2D eigenvalue weighted by molar-refractivity contribution is -0.152. The van der Waals surface area contributed by atoms with E-state index in [1.54, 1.807) is 14.2 Å². The van der Waals surface area contributed by atoms with E-state index in [2.05, 4.69) is 33.8 Å². The van der Waals surface area contributed by atoms with E-state index in [1.165, 1.54) is 0 Å². The molecule has 4 nitrogen and oxygen atoms in total. The molecule has 1 aromatic carbocycles. The molecule has 0 N–H and O–H groups in total. The van der Waals surface area contributed by atoms with Gasteiger partial charge in [0, 0.05) is 25.4 Å². The standard InChI is InChI=1S/C20H28O4/c1-12-15(21)10-20(4)17(19(12,2)3)9-14-7-13(11-22-5)8-16(23-6)18(14)24-20/h7-8,12,17H,9-11H2,1-6H3/t12-,17-,20-/m1/s1. The van der Waals surface area contributed by atoms with Crippen LogP contribution in [0.25, 0.3) is 0 Å². The summed E-state index contributed by atoms with van der Waals surface area (Å²) in [5.41, 5.74) is 1.65. The summed E-state index contributed by atoms with van der Waals surface area (Å²) in [6.07, 6.45) is 1.36. The predicted molar refractivity (Wildman–Crippen MR) is 92.5 cm³/mol. The summed E-state index contributed by atoms with van der Waals surface area (Å²) in [4.78, 5) is 12.5. The second-order valence-corrected chi connectivity index (χ2v) is 8.08. The maximum Gasteiger partial charge on any atom is 0.165 e. The number of hydrogen-bond donors (Lipinski definition) is 0. The van der Waals surface area contributed by atoms with E-state index in [0.717, 1.165) is 29.0 Å². The largest absolute Gasteiger partial charge is 0.493 e. The minimum Gasteiger partial charge on any atom is -0.493 e. The molecular formula is C20H28O4. The third-order valence-corrected chi connectivity index (χ3v) is 6.24. The molecule has 1 aliphatic heterocycles. The number of carbonyl (C=O) groups excluding carboxylic acids is 1. The molecule has 132 valence electrons. The maximum absolute atomic E-state index is 12.5. The molecule has 2 aliphatic rings. The maximum atomic E-state index is 12.5. The Bertz CT molecular complexity index is 664. The third kappa shape index (κ3) is 2.52. The van der Waals surface area contributed by atoms with Crippen molar-refractivity contribution < 1.29 is 19.0 Å². The van der Waals surface area contributed by atoms with Gasteiger partial charge in [0.2, 0.25) is 0 Å². The minimum absolute atomic E-state index is 0.0461. The zero-order valence-electron chi connectivity index (χ0n) is 15.6. The molecule has 0 aromatic heterocycles. The molecule has 1 fully saturated rings. The lowest BCUT2D eigenvalue weighted by Crippen LogP contribution is -2.59. The number of hydrogen-bond acceptors (Lipinski definition) is 4. The summed E-state index contributed by atoms with van der Waals surface area (Å²) < 4.78 is 17.3. The lowest BCUT2D eigenvalue weighted by Gasteiger charge is -2.55. The van der Waals surface area contributed by atoms with Gasteiger partial charge in [0.25, 0.3) is 0 Å². The van der Waals surface area contributed by atoms with Crippen LogP contribution in [0.15, 0.2) is 12.1 Å². The number of ketones is 1. The van der Waals surface area contributed by atoms with Gasteiger partial charge in [0.15, 0.2) is 11.5 Å². The number of carbonyl (C=O) groups is 1. The Morgan fingerprint density at radius 1 is 1.25 bits per heavy atom. The fourth-order valence-electron chi connectivity index (χ4n) is 4.56. The van der Waals surface area contributed by atoms with Gasteiger partial charge in [-0.25, -0.2) is 0 Å². The number of rotatable bonds is 3. The van der Waals surface area contributed by atoms with Crippen molar-refractivity contribution in [2.75, 3.05) is 14.2 Å². The van der Waals surface area contributed by atoms with E-state index in [-0.39, 0.29) is 23.0 Å². The minimum atomic E-state index is -0.476. The first-order valence-corrected chi connectivity index (χ1v) is 8.63. The number of fused-ring (bicyclic) bond motifs is 2. The number of ether oxygens (including phenoxy) is 3. The lowest BCUT2D eigenvalue weighted by atomic mass is 9.54. The first-order chi connectivity index (χ1) is 11.2. The highest BCUT2D eigenvalue weighted by Crippen LogP contribution is 2.55. The predicted octanol–water partition coefficient (Wildman–Crippen LogP) is 3.79. The van der Waals surface area contributed by atoms with Gasteiger partial charge in [-0.2, -0.15) is 0 Å². The number of Topliss-reactive ketones (excluding diaryl/α,β-unsaturated/α-hetero) is 1. The second kappa shape index (κ2) is 5.76. The summed E-state index contributed by atoms with van der Waals surface area (Å²) in [5, 5.41) is 0. The molecule has 3 rings (SSSR count). The highest BCUT2D eigenvalue weighted by molar-refractivity contribution is 5.84. The Morgan fingerprint density at radius 2 is 1.96 bits per heavy atom. The van der Waals surface area contributed by atoms with E-state index in [0.29, 0.717) is 13.0 Å². The van der Waals surface area contributed by atoms with E-state index < -0.39 is 5.60 Å². The van der Waals surface area contributed by atoms with Crippen molar-refractivity contribution in [1.29, 1.82) is 0 Å². The van der Waals surface area contributed by atoms with Crippen LogP contribution < -0.4 is 9.47 Å². The molecule has 4 heteroatoms. The average molecular weight is 332 g/mol. The van der Waals surface area contributed by atoms with E-state index in [4.69, 9.17) is 14.2 Å². The van der Waals surface area contributed by atoms with Gasteiger partial charge in [-0.05, 0) is 42.0 Å². The van der Waals surface area contributed by atoms with Crippen LogP contribution in [0, 0.1) is 17.3 Å². The first-order valence-electron chi connectivity index (χ1n) is 8.63. The van der Waals surface area contributed by atoms with Gasteiger partial charge in [0.1, 0.15) is 11.4 Å². The zero-order valence-corrected chi connectivity index (χ0v) is 15.6. The van der Waals surface area contributed by atoms with Crippen LogP contribution in [0.1, 0.15) is 45.2 Å². The second-order valence-electron chi connectivity index (χ2n) is 8.08. The molecule has 0 saturated heterocycles. The van der Waals surface area contributed by atoms with Crippen LogP contribution in [0.3, 0.4) is 0 Å². The molecule has 1 saturated carbocycles. The van der Waals surface area contributed by atoms with Crippen molar-refractivity contribution in [2.24, 2.45) is 17.3 Å². The van der Waals surface area contributed by atoms with Crippen LogP contribution >= 0.6 is 0 Å². The zero-order chi connectivity index (χ0) is 17.7. The summed E-state index contributed by atoms with van der Waals surface area (Å²) in [7, 11) is 3.35. The summed E-state index contributed by atoms with van der Waals surface area (Å²) in [5.74, 6) is 2.13. The Hall–Kier alpha value is -1.55. The van der Waals surface area contributed by atoms with Gasteiger partial charge in [0.05, 0.1) is 13.7 Å². The van der Waals surface area contributed by atoms with Crippen molar-refractivity contribution in [3.8, 4) is 11.5 Å². The van der Waals surface area contributed by atoms with Gasteiger partial charge >= 0.3 is 0 Å². The SMILES string of the molecule is COCc1cc2c(c(OC)c1)O[C@]1(C)CC(=O)[C@@H](C)C(C)(C)[C@H]1C2. The van der Waals surface area contributed by atoms with Crippen molar-refractivity contribution in [3.63, 3.8) is 0 Å². The quantitative estimate of drug-likeness (QED) is 0.845. The molecule has 3 atom stereocenters. The average Bonchev–Trinajstić information content (AvgIpc) is 2.52. The van der Waals surface area contributed by atoms with Crippen molar-refractivity contribution in [3.05, 3.63) is 23.3 Å². The van der Waals surface area contributed by atoms with Crippen LogP contribution in [0.4, 0.5) is 0 Å². The van der Waals surface area contributed by atoms with Crippen LogP contribution in [-0.2, 0) is 22.6 Å². The number of methoxy groups -OCH3 is 2. The smallest absolute Gasteiger partial charge is 0.165 e. The van der Waals surface area contributed by atoms with Crippen molar-refractivity contribution in [1.82, 2.24) is 0 Å². The molecule has 0 spiro atoms. The summed E-state index contributed by atoms with van der Waals surface area (Å²) in [6, 6.07) is 4.11. The fraction of sp³-hybridized carbons (Fsp3) is 0.650. The van der Waals surface area contributed by atoms with E-state index in [9.17, 15) is 4.79 Å². The third-order valence-electron chi connectivity index (χ3n) is 6.24. The molecule has 0 radical (unpaired) electrons. The van der Waals surface area contributed by atoms with Crippen molar-refractivity contribution >= 4 is 5.78 Å². The molecule has 0 unspecified atom stereocenters. The van der Waals surface area contributed by atoms with Crippen LogP contribution in [-0.4, -0.2) is 25.6 Å². The first kappa shape index (κ1) is 17.3. The molecule has 0 amide bonds. The summed E-state index contributed by atoms with van der Waals surface area (Å²) >= 11 is 0. The van der Waals surface area contributed by atoms with Crippen molar-refractivity contribution in [2.45, 2.75) is 52.7 Å². The van der Waals surface area contributed by atoms with Gasteiger partial charge in [-0.15, -0.1) is 0 Å². The molecule has 1 aliphatic carbocycles. The van der Waals surface area contributed by atoms with Gasteiger partial charge in [-0.1, -0.05) is 20.8 Å². The normalized spacial score (nSPS) is 31.0. The highest BCUT2D eigenvalue weighted by atomic mass is 16.5. The fourth-order valence-corrected chi connectivity index (χ4v) is 4.56. The topological polar surface area (TPSA) is 44.8 Å². The van der Waals surface area contributed by atoms with E-state index in [1.807, 2.05) is 6.07 Å². The Labute approximate surface area is 144 Å². The monoisotopic (exact) mass is 332 g/mol. The molecule has 0 bridgehead atoms. The Morgan fingerprint density at radius 3 is 2.58 bits per heavy atom. The summed E-state index contributed by atoms with van der Waals surface area (Å²) in [6.45, 7) is 9.07. The molecule has 1 heterocycles. The number of benzene rings is 1. The van der Waals surface area contributed by atoms with Crippen LogP contribution in [0.5, 0.6) is 11.5 Å². The molecule has 24 heavy (non-hydrogen) atoms. The Kier molecular flexibility index (Phi) is 4.15. The Balaban J connectivity index is 2.09. The molecule has 1 aromatic rings. The van der Waals surface area contributed by atoms with Crippen LogP contribution in [0.2, 0.25) is 0 Å².